The number of aromatic nitrogens is 2. The number of amides is 3. The summed E-state index contributed by atoms with van der Waals surface area (Å²) in [7, 11) is -4.09. The van der Waals surface area contributed by atoms with Gasteiger partial charge >= 0.3 is 7.60 Å². The number of nitrogens with zero attached hydrogens (tertiary/aromatic N) is 3. The lowest BCUT2D eigenvalue weighted by atomic mass is 9.85. The van der Waals surface area contributed by atoms with Crippen LogP contribution in [0.5, 0.6) is 11.5 Å². The highest BCUT2D eigenvalue weighted by Gasteiger charge is 2.41. The summed E-state index contributed by atoms with van der Waals surface area (Å²) in [6, 6.07) is 13.3. The third kappa shape index (κ3) is 14.2. The van der Waals surface area contributed by atoms with Gasteiger partial charge in [-0.3, -0.25) is 19.4 Å². The van der Waals surface area contributed by atoms with Crippen molar-refractivity contribution in [3.63, 3.8) is 0 Å². The van der Waals surface area contributed by atoms with Crippen molar-refractivity contribution in [2.75, 3.05) is 25.6 Å². The molecule has 0 saturated heterocycles. The van der Waals surface area contributed by atoms with Crippen molar-refractivity contribution < 1.29 is 30.8 Å². The minimum Gasteiger partial charge on any atom is -0.415 e. The van der Waals surface area contributed by atoms with Crippen LogP contribution in [-0.4, -0.2) is 70.0 Å². The molecule has 0 saturated carbocycles. The van der Waals surface area contributed by atoms with E-state index in [0.717, 1.165) is 9.79 Å². The Kier molecular flexibility index (Phi) is 18.6. The predicted molar refractivity (Wildman–Crippen MR) is 212 cm³/mol. The topological polar surface area (TPSA) is 140 Å². The molecule has 3 amide bonds. The molecule has 2 atom stereocenters. The summed E-state index contributed by atoms with van der Waals surface area (Å²) >= 11 is 3.13. The van der Waals surface area contributed by atoms with Crippen LogP contribution in [0.25, 0.3) is 0 Å². The quantitative estimate of drug-likeness (QED) is 0.101. The SMILES string of the molecule is CCC.CCC[C@H](NC(=O)CN(CCC)C(=O)[C@@H](NC(=O)c1cnccn1)C(C)(C)C)P(=O)(Oc1ccc(SC)cc1)Oc1ccc(SC)cc1.[HH].[HH]. The molecule has 3 rings (SSSR count). The van der Waals surface area contributed by atoms with Gasteiger partial charge in [-0.05, 0) is 79.3 Å². The lowest BCUT2D eigenvalue weighted by Crippen LogP contribution is -2.56. The molecule has 11 nitrogen and oxygen atoms in total. The summed E-state index contributed by atoms with van der Waals surface area (Å²) in [6.45, 7) is 13.5. The number of nitrogens with one attached hydrogen (secondary N) is 2. The van der Waals surface area contributed by atoms with Crippen LogP contribution in [0.4, 0.5) is 0 Å². The van der Waals surface area contributed by atoms with Crippen LogP contribution in [0.1, 0.15) is 87.5 Å². The van der Waals surface area contributed by atoms with E-state index >= 15 is 0 Å². The largest absolute Gasteiger partial charge is 0.452 e. The minimum absolute atomic E-state index is 0. The molecular weight excluding hydrogens is 706 g/mol. The Labute approximate surface area is 315 Å². The van der Waals surface area contributed by atoms with Gasteiger partial charge in [0.2, 0.25) is 11.8 Å². The average Bonchev–Trinajstić information content (AvgIpc) is 3.10. The van der Waals surface area contributed by atoms with Crippen molar-refractivity contribution >= 4 is 48.8 Å². The molecule has 14 heteroatoms. The van der Waals surface area contributed by atoms with Crippen molar-refractivity contribution in [3.05, 3.63) is 72.8 Å². The molecule has 0 spiro atoms. The maximum atomic E-state index is 14.7. The van der Waals surface area contributed by atoms with Crippen LogP contribution >= 0.6 is 31.1 Å². The van der Waals surface area contributed by atoms with E-state index in [1.54, 1.807) is 47.8 Å². The van der Waals surface area contributed by atoms with Crippen molar-refractivity contribution in [1.82, 2.24) is 25.5 Å². The van der Waals surface area contributed by atoms with E-state index in [0.29, 0.717) is 24.3 Å². The Morgan fingerprint density at radius 2 is 1.39 bits per heavy atom. The first-order valence-corrected chi connectivity index (χ1v) is 21.2. The number of benzene rings is 2. The van der Waals surface area contributed by atoms with E-state index < -0.39 is 42.6 Å². The number of thioether (sulfide) groups is 2. The molecule has 0 radical (unpaired) electrons. The summed E-state index contributed by atoms with van der Waals surface area (Å²) in [6.07, 6.45) is 10.7. The fraction of sp³-hybridized carbons (Fsp3) is 0.486. The van der Waals surface area contributed by atoms with Crippen LogP contribution in [0.15, 0.2) is 76.9 Å². The zero-order valence-electron chi connectivity index (χ0n) is 31.3. The van der Waals surface area contributed by atoms with E-state index in [-0.39, 0.29) is 28.1 Å². The van der Waals surface area contributed by atoms with Crippen LogP contribution in [-0.2, 0) is 14.2 Å². The number of hydrogen-bond donors (Lipinski definition) is 2. The summed E-state index contributed by atoms with van der Waals surface area (Å²) in [5.41, 5.74) is -0.624. The van der Waals surface area contributed by atoms with Crippen molar-refractivity contribution in [2.45, 2.75) is 95.8 Å². The van der Waals surface area contributed by atoms with Gasteiger partial charge in [0.25, 0.3) is 5.91 Å². The second kappa shape index (κ2) is 21.7. The van der Waals surface area contributed by atoms with Gasteiger partial charge in [0, 0.05) is 31.6 Å². The molecule has 0 bridgehead atoms. The average molecular weight is 764 g/mol. The first-order chi connectivity index (χ1) is 24.2. The molecule has 2 aromatic carbocycles. The highest BCUT2D eigenvalue weighted by atomic mass is 32.2. The molecule has 0 fully saturated rings. The van der Waals surface area contributed by atoms with E-state index in [1.165, 1.54) is 29.9 Å². The summed E-state index contributed by atoms with van der Waals surface area (Å²) in [4.78, 5) is 52.0. The van der Waals surface area contributed by atoms with Gasteiger partial charge in [0.15, 0.2) is 5.78 Å². The Morgan fingerprint density at radius 3 is 1.80 bits per heavy atom. The molecule has 284 valence electrons. The standard InChI is InChI=1S/C34H46N5O6PS2.C3H8.2H2/c1-8-10-30(46(43,44-24-11-15-26(47-6)16-12-24)45-25-13-17-27(48-7)18-14-25)37-29(40)23-39(21-9-2)33(42)31(34(3,4)5)38-32(41)28-22-35-19-20-36-28;1-3-2;;/h11-20,22,30-31H,8-10,21,23H2,1-7H3,(H,37,40)(H,38,41);3H2,1-2H3;2*1H/t30-,31-;;;/m1.../s1. The fourth-order valence-corrected chi connectivity index (χ4v) is 7.51. The van der Waals surface area contributed by atoms with Crippen molar-refractivity contribution in [3.8, 4) is 11.5 Å². The Balaban J connectivity index is 0.00000522. The molecule has 0 aliphatic carbocycles. The summed E-state index contributed by atoms with van der Waals surface area (Å²) in [5.74, 6) is -1.87. The Morgan fingerprint density at radius 1 is 0.863 bits per heavy atom. The lowest BCUT2D eigenvalue weighted by molar-refractivity contribution is -0.139. The molecule has 1 aromatic heterocycles. The first-order valence-electron chi connectivity index (χ1n) is 17.2. The minimum atomic E-state index is -4.09. The maximum absolute atomic E-state index is 14.7. The second-order valence-corrected chi connectivity index (χ2v) is 16.6. The number of carbonyl (C=O) groups excluding carboxylic acids is 3. The van der Waals surface area contributed by atoms with Gasteiger partial charge < -0.3 is 24.6 Å². The van der Waals surface area contributed by atoms with Crippen LogP contribution in [0, 0.1) is 5.41 Å². The highest BCUT2D eigenvalue weighted by Crippen LogP contribution is 2.53. The molecule has 2 N–H and O–H groups in total. The van der Waals surface area contributed by atoms with Gasteiger partial charge in [0.1, 0.15) is 23.2 Å². The van der Waals surface area contributed by atoms with E-state index in [1.807, 2.05) is 71.4 Å². The monoisotopic (exact) mass is 763 g/mol. The van der Waals surface area contributed by atoms with Crippen LogP contribution in [0.3, 0.4) is 0 Å². The van der Waals surface area contributed by atoms with Crippen LogP contribution in [0.2, 0.25) is 0 Å². The van der Waals surface area contributed by atoms with Gasteiger partial charge in [-0.25, -0.2) is 9.55 Å². The first kappa shape index (κ1) is 43.6. The van der Waals surface area contributed by atoms with Crippen LogP contribution < -0.4 is 19.7 Å². The van der Waals surface area contributed by atoms with Gasteiger partial charge in [0.05, 0.1) is 12.7 Å². The van der Waals surface area contributed by atoms with Crippen molar-refractivity contribution in [2.24, 2.45) is 5.41 Å². The molecular formula is C37H58N5O6PS2. The van der Waals surface area contributed by atoms with Crippen molar-refractivity contribution in [1.29, 1.82) is 0 Å². The fourth-order valence-electron chi connectivity index (χ4n) is 4.69. The zero-order chi connectivity index (χ0) is 38.0. The van der Waals surface area contributed by atoms with E-state index in [4.69, 9.17) is 9.05 Å². The molecule has 0 aliphatic heterocycles. The molecule has 3 aromatic rings. The Hall–Kier alpha value is -3.54. The predicted octanol–water partition coefficient (Wildman–Crippen LogP) is 8.81. The van der Waals surface area contributed by atoms with Gasteiger partial charge in [-0.15, -0.1) is 23.5 Å². The third-order valence-corrected chi connectivity index (χ3v) is 10.7. The van der Waals surface area contributed by atoms with Gasteiger partial charge in [-0.1, -0.05) is 61.3 Å². The summed E-state index contributed by atoms with van der Waals surface area (Å²) in [5, 5.41) is 5.66. The number of hydrogen-bond acceptors (Lipinski definition) is 10. The second-order valence-electron chi connectivity index (χ2n) is 12.8. The zero-order valence-corrected chi connectivity index (χ0v) is 33.8. The van der Waals surface area contributed by atoms with E-state index in [9.17, 15) is 18.9 Å². The normalized spacial score (nSPS) is 12.4. The highest BCUT2D eigenvalue weighted by molar-refractivity contribution is 7.98. The third-order valence-electron chi connectivity index (χ3n) is 7.18. The number of rotatable bonds is 17. The maximum Gasteiger partial charge on any atom is 0.452 e. The summed E-state index contributed by atoms with van der Waals surface area (Å²) < 4.78 is 26.9. The molecule has 1 heterocycles. The van der Waals surface area contributed by atoms with E-state index in [2.05, 4.69) is 34.4 Å². The molecule has 51 heavy (non-hydrogen) atoms. The lowest BCUT2D eigenvalue weighted by Gasteiger charge is -2.35. The molecule has 0 unspecified atom stereocenters. The van der Waals surface area contributed by atoms with Gasteiger partial charge in [-0.2, -0.15) is 0 Å². The Bertz CT molecular complexity index is 1520. The molecule has 0 aliphatic rings. The number of carbonyl (C=O) groups is 3. The smallest absolute Gasteiger partial charge is 0.415 e.